The zero-order chi connectivity index (χ0) is 18.1. The van der Waals surface area contributed by atoms with Gasteiger partial charge in [0.05, 0.1) is 4.90 Å². The maximum Gasteiger partial charge on any atom is 0.251 e. The number of carbonyl (C=O) groups excluding carboxylic acids is 1. The van der Waals surface area contributed by atoms with Gasteiger partial charge in [-0.25, -0.2) is 13.1 Å². The van der Waals surface area contributed by atoms with E-state index in [0.29, 0.717) is 12.1 Å². The molecule has 6 nitrogen and oxygen atoms in total. The molecule has 1 fully saturated rings. The molecule has 0 radical (unpaired) electrons. The van der Waals surface area contributed by atoms with E-state index in [2.05, 4.69) is 27.5 Å². The van der Waals surface area contributed by atoms with Gasteiger partial charge < -0.3 is 10.6 Å². The summed E-state index contributed by atoms with van der Waals surface area (Å²) in [5, 5.41) is 6.16. The van der Waals surface area contributed by atoms with Crippen molar-refractivity contribution >= 4 is 28.3 Å². The van der Waals surface area contributed by atoms with Crippen LogP contribution in [0.15, 0.2) is 47.4 Å². The fourth-order valence-corrected chi connectivity index (χ4v) is 4.39. The Labute approximate surface area is 165 Å². The number of rotatable bonds is 6. The summed E-state index contributed by atoms with van der Waals surface area (Å²) in [6.07, 6.45) is 1.74. The zero-order valence-corrected chi connectivity index (χ0v) is 16.3. The molecule has 144 valence electrons. The topological polar surface area (TPSA) is 87.3 Å². The smallest absolute Gasteiger partial charge is 0.251 e. The second-order valence-corrected chi connectivity index (χ2v) is 8.53. The highest BCUT2D eigenvalue weighted by Crippen LogP contribution is 2.22. The van der Waals surface area contributed by atoms with Crippen LogP contribution in [-0.4, -0.2) is 20.4 Å². The van der Waals surface area contributed by atoms with Crippen molar-refractivity contribution in [3.63, 3.8) is 0 Å². The lowest BCUT2D eigenvalue weighted by atomic mass is 10.1. The van der Waals surface area contributed by atoms with Gasteiger partial charge in [-0.1, -0.05) is 24.3 Å². The van der Waals surface area contributed by atoms with Gasteiger partial charge in [0.2, 0.25) is 10.0 Å². The van der Waals surface area contributed by atoms with Crippen molar-refractivity contribution < 1.29 is 13.2 Å². The molecule has 0 aromatic heterocycles. The Balaban J connectivity index is 0.00000210. The second kappa shape index (κ2) is 7.98. The van der Waals surface area contributed by atoms with E-state index in [0.717, 1.165) is 31.5 Å². The number of carbonyl (C=O) groups is 1. The molecule has 0 unspecified atom stereocenters. The van der Waals surface area contributed by atoms with E-state index < -0.39 is 10.0 Å². The van der Waals surface area contributed by atoms with Crippen LogP contribution in [0.1, 0.15) is 39.9 Å². The van der Waals surface area contributed by atoms with Gasteiger partial charge in [0.15, 0.2) is 0 Å². The third-order valence-electron chi connectivity index (χ3n) is 4.66. The Bertz CT molecular complexity index is 958. The number of nitrogens with one attached hydrogen (secondary N) is 3. The van der Waals surface area contributed by atoms with Crippen LogP contribution in [-0.2, 0) is 29.7 Å². The first kappa shape index (κ1) is 19.8. The molecule has 0 atom stereocenters. The normalized spacial score (nSPS) is 15.7. The summed E-state index contributed by atoms with van der Waals surface area (Å²) in [5.41, 5.74) is 3.92. The van der Waals surface area contributed by atoms with Gasteiger partial charge in [-0.15, -0.1) is 12.4 Å². The minimum Gasteiger partial charge on any atom is -0.348 e. The lowest BCUT2D eigenvalue weighted by molar-refractivity contribution is 0.0950. The highest BCUT2D eigenvalue weighted by molar-refractivity contribution is 7.89. The number of fused-ring (bicyclic) bond motifs is 1. The van der Waals surface area contributed by atoms with Crippen LogP contribution in [0.2, 0.25) is 0 Å². The predicted octanol–water partition coefficient (Wildman–Crippen LogP) is 2.08. The summed E-state index contributed by atoms with van der Waals surface area (Å²) >= 11 is 0. The van der Waals surface area contributed by atoms with Crippen molar-refractivity contribution in [3.05, 3.63) is 64.7 Å². The summed E-state index contributed by atoms with van der Waals surface area (Å²) in [5.74, 6) is -0.285. The van der Waals surface area contributed by atoms with E-state index in [9.17, 15) is 13.2 Å². The van der Waals surface area contributed by atoms with Crippen LogP contribution in [0, 0.1) is 0 Å². The first-order valence-electron chi connectivity index (χ1n) is 8.73. The van der Waals surface area contributed by atoms with E-state index in [1.54, 1.807) is 12.1 Å². The van der Waals surface area contributed by atoms with Crippen LogP contribution in [0.4, 0.5) is 0 Å². The number of sulfonamides is 1. The lowest BCUT2D eigenvalue weighted by Crippen LogP contribution is -2.27. The van der Waals surface area contributed by atoms with Crippen LogP contribution in [0.25, 0.3) is 0 Å². The molecule has 8 heteroatoms. The number of benzene rings is 2. The molecule has 3 N–H and O–H groups in total. The molecule has 2 aliphatic rings. The summed E-state index contributed by atoms with van der Waals surface area (Å²) in [6.45, 7) is 2.15. The third kappa shape index (κ3) is 4.68. The third-order valence-corrected chi connectivity index (χ3v) is 6.18. The molecule has 0 saturated heterocycles. The number of hydrogen-bond donors (Lipinski definition) is 3. The number of amides is 1. The largest absolute Gasteiger partial charge is 0.348 e. The summed E-state index contributed by atoms with van der Waals surface area (Å²) < 4.78 is 27.2. The minimum absolute atomic E-state index is 0. The van der Waals surface area contributed by atoms with Gasteiger partial charge in [0.1, 0.15) is 0 Å². The van der Waals surface area contributed by atoms with Crippen molar-refractivity contribution in [2.45, 2.75) is 43.4 Å². The van der Waals surface area contributed by atoms with Crippen molar-refractivity contribution in [1.29, 1.82) is 0 Å². The van der Waals surface area contributed by atoms with Crippen molar-refractivity contribution in [2.24, 2.45) is 0 Å². The maximum atomic E-state index is 12.4. The molecule has 2 aromatic rings. The Hall–Kier alpha value is -1.93. The van der Waals surface area contributed by atoms with Gasteiger partial charge in [0, 0.05) is 31.2 Å². The fourth-order valence-electron chi connectivity index (χ4n) is 3.04. The van der Waals surface area contributed by atoms with E-state index in [4.69, 9.17) is 0 Å². The molecular weight excluding hydrogens is 386 g/mol. The van der Waals surface area contributed by atoms with Gasteiger partial charge >= 0.3 is 0 Å². The van der Waals surface area contributed by atoms with Crippen LogP contribution >= 0.6 is 12.4 Å². The van der Waals surface area contributed by atoms with Crippen LogP contribution in [0.3, 0.4) is 0 Å². The Kier molecular flexibility index (Phi) is 5.86. The molecule has 1 amide bonds. The molecule has 2 aromatic carbocycles. The fraction of sp³-hybridized carbons (Fsp3) is 0.316. The molecule has 1 heterocycles. The standard InChI is InChI=1S/C19H21N3O3S.ClH/c23-19(21-10-13-4-5-15-11-20-12-16(15)8-13)14-2-1-3-18(9-14)26(24,25)22-17-6-7-17;/h1-5,8-9,17,20,22H,6-7,10-12H2,(H,21,23);1H. The zero-order valence-electron chi connectivity index (χ0n) is 14.7. The van der Waals surface area contributed by atoms with E-state index >= 15 is 0 Å². The van der Waals surface area contributed by atoms with Crippen molar-refractivity contribution in [2.75, 3.05) is 0 Å². The lowest BCUT2D eigenvalue weighted by Gasteiger charge is -2.09. The predicted molar refractivity (Wildman–Crippen MR) is 105 cm³/mol. The Morgan fingerprint density at radius 2 is 1.85 bits per heavy atom. The molecule has 0 spiro atoms. The first-order valence-corrected chi connectivity index (χ1v) is 10.2. The molecule has 4 rings (SSSR count). The summed E-state index contributed by atoms with van der Waals surface area (Å²) in [4.78, 5) is 12.6. The first-order chi connectivity index (χ1) is 12.5. The maximum absolute atomic E-state index is 12.4. The van der Waals surface area contributed by atoms with E-state index in [1.807, 2.05) is 6.07 Å². The summed E-state index contributed by atoms with van der Waals surface area (Å²) in [7, 11) is -3.56. The van der Waals surface area contributed by atoms with E-state index in [-0.39, 0.29) is 29.3 Å². The Morgan fingerprint density at radius 1 is 1.07 bits per heavy atom. The van der Waals surface area contributed by atoms with Gasteiger partial charge in [-0.3, -0.25) is 4.79 Å². The van der Waals surface area contributed by atoms with Crippen molar-refractivity contribution in [1.82, 2.24) is 15.4 Å². The SMILES string of the molecule is Cl.O=C(NCc1ccc2c(c1)CNC2)c1cccc(S(=O)(=O)NC2CC2)c1. The van der Waals surface area contributed by atoms with Crippen LogP contribution in [0.5, 0.6) is 0 Å². The average molecular weight is 408 g/mol. The molecular formula is C19H22ClN3O3S. The van der Waals surface area contributed by atoms with E-state index in [1.165, 1.54) is 23.3 Å². The van der Waals surface area contributed by atoms with Crippen LogP contribution < -0.4 is 15.4 Å². The highest BCUT2D eigenvalue weighted by Gasteiger charge is 2.28. The quantitative estimate of drug-likeness (QED) is 0.684. The molecule has 0 bridgehead atoms. The highest BCUT2D eigenvalue weighted by atomic mass is 35.5. The summed E-state index contributed by atoms with van der Waals surface area (Å²) in [6, 6.07) is 12.4. The average Bonchev–Trinajstić information content (AvgIpc) is 3.31. The molecule has 1 aliphatic heterocycles. The number of halogens is 1. The van der Waals surface area contributed by atoms with Gasteiger partial charge in [0.25, 0.3) is 5.91 Å². The molecule has 27 heavy (non-hydrogen) atoms. The van der Waals surface area contributed by atoms with Gasteiger partial charge in [-0.05, 0) is 47.7 Å². The monoisotopic (exact) mass is 407 g/mol. The molecule has 1 aliphatic carbocycles. The van der Waals surface area contributed by atoms with Crippen molar-refractivity contribution in [3.8, 4) is 0 Å². The second-order valence-electron chi connectivity index (χ2n) is 6.81. The number of hydrogen-bond acceptors (Lipinski definition) is 4. The minimum atomic E-state index is -3.56. The Morgan fingerprint density at radius 3 is 2.63 bits per heavy atom. The van der Waals surface area contributed by atoms with Gasteiger partial charge in [-0.2, -0.15) is 0 Å². The molecule has 1 saturated carbocycles.